The maximum atomic E-state index is 13.2. The number of benzene rings is 1. The first-order valence-corrected chi connectivity index (χ1v) is 13.7. The fraction of sp³-hybridized carbons (Fsp3) is 0.552. The number of amides is 2. The maximum absolute atomic E-state index is 13.2. The molecule has 0 bridgehead atoms. The lowest BCUT2D eigenvalue weighted by Gasteiger charge is -2.32. The van der Waals surface area contributed by atoms with Gasteiger partial charge in [-0.1, -0.05) is 24.1 Å². The van der Waals surface area contributed by atoms with Gasteiger partial charge < -0.3 is 14.7 Å². The van der Waals surface area contributed by atoms with Crippen LogP contribution in [0.3, 0.4) is 0 Å². The SMILES string of the molecule is Cc1ccc(N(CCCN2CC3CN(C(=O)c4c(C)ccnc4C)CC3C2)C(=O)C2CCC2)cc1Cl. The second-order valence-corrected chi connectivity index (χ2v) is 11.4. The molecule has 2 atom stereocenters. The average Bonchev–Trinajstić information content (AvgIpc) is 3.36. The molecule has 6 nitrogen and oxygen atoms in total. The van der Waals surface area contributed by atoms with E-state index in [9.17, 15) is 9.59 Å². The van der Waals surface area contributed by atoms with Crippen molar-refractivity contribution in [2.45, 2.75) is 46.5 Å². The van der Waals surface area contributed by atoms with Crippen LogP contribution in [0, 0.1) is 38.5 Å². The van der Waals surface area contributed by atoms with Gasteiger partial charge in [0.05, 0.1) is 11.3 Å². The standard InChI is InChI=1S/C29H37ClN4O2/c1-19-8-9-25(14-26(19)30)34(28(35)22-6-4-7-22)13-5-12-32-15-23-17-33(18-24(23)16-32)29(36)27-20(2)10-11-31-21(27)3/h8-11,14,22-24H,4-7,12-13,15-18H2,1-3H3. The first kappa shape index (κ1) is 25.2. The molecule has 0 radical (unpaired) electrons. The van der Waals surface area contributed by atoms with Gasteiger partial charge in [-0.25, -0.2) is 0 Å². The smallest absolute Gasteiger partial charge is 0.255 e. The summed E-state index contributed by atoms with van der Waals surface area (Å²) in [6, 6.07) is 7.88. The zero-order chi connectivity index (χ0) is 25.4. The minimum atomic E-state index is 0.126. The van der Waals surface area contributed by atoms with Crippen LogP contribution in [-0.4, -0.2) is 65.9 Å². The van der Waals surface area contributed by atoms with Gasteiger partial charge in [0, 0.05) is 55.5 Å². The monoisotopic (exact) mass is 508 g/mol. The average molecular weight is 509 g/mol. The number of likely N-dealkylation sites (tertiary alicyclic amines) is 2. The van der Waals surface area contributed by atoms with Crippen molar-refractivity contribution in [3.63, 3.8) is 0 Å². The Labute approximate surface area is 219 Å². The van der Waals surface area contributed by atoms with Gasteiger partial charge in [-0.05, 0) is 87.7 Å². The molecular formula is C29H37ClN4O2. The number of anilines is 1. The highest BCUT2D eigenvalue weighted by Crippen LogP contribution is 2.34. The molecule has 3 heterocycles. The number of rotatable bonds is 7. The number of fused-ring (bicyclic) bond motifs is 1. The number of aryl methyl sites for hydroxylation is 3. The van der Waals surface area contributed by atoms with Gasteiger partial charge >= 0.3 is 0 Å². The van der Waals surface area contributed by atoms with Crippen LogP contribution in [0.15, 0.2) is 30.5 Å². The third-order valence-electron chi connectivity index (χ3n) is 8.46. The fourth-order valence-electron chi connectivity index (χ4n) is 6.06. The van der Waals surface area contributed by atoms with Gasteiger partial charge in [-0.3, -0.25) is 14.6 Å². The molecule has 2 saturated heterocycles. The third-order valence-corrected chi connectivity index (χ3v) is 8.86. The van der Waals surface area contributed by atoms with Crippen molar-refractivity contribution in [1.82, 2.24) is 14.8 Å². The molecule has 1 aromatic heterocycles. The van der Waals surface area contributed by atoms with E-state index in [4.69, 9.17) is 11.6 Å². The van der Waals surface area contributed by atoms with Gasteiger partial charge in [0.1, 0.15) is 0 Å². The predicted molar refractivity (Wildman–Crippen MR) is 144 cm³/mol. The van der Waals surface area contributed by atoms with Crippen LogP contribution in [0.2, 0.25) is 5.02 Å². The Hall–Kier alpha value is -2.44. The Morgan fingerprint density at radius 3 is 2.36 bits per heavy atom. The van der Waals surface area contributed by atoms with E-state index in [0.29, 0.717) is 23.4 Å². The summed E-state index contributed by atoms with van der Waals surface area (Å²) in [5.41, 5.74) is 4.52. The Morgan fingerprint density at radius 1 is 1.03 bits per heavy atom. The van der Waals surface area contributed by atoms with Crippen LogP contribution in [0.1, 0.15) is 52.9 Å². The van der Waals surface area contributed by atoms with Crippen molar-refractivity contribution in [2.75, 3.05) is 44.2 Å². The number of nitrogens with zero attached hydrogens (tertiary/aromatic N) is 4. The fourth-order valence-corrected chi connectivity index (χ4v) is 6.23. The van der Waals surface area contributed by atoms with Crippen molar-refractivity contribution in [3.05, 3.63) is 57.9 Å². The summed E-state index contributed by atoms with van der Waals surface area (Å²) < 4.78 is 0. The van der Waals surface area contributed by atoms with Gasteiger partial charge in [0.2, 0.25) is 5.91 Å². The largest absolute Gasteiger partial charge is 0.338 e. The first-order valence-electron chi connectivity index (χ1n) is 13.3. The molecule has 0 N–H and O–H groups in total. The second-order valence-electron chi connectivity index (χ2n) is 11.0. The highest BCUT2D eigenvalue weighted by Gasteiger charge is 2.42. The molecule has 2 unspecified atom stereocenters. The highest BCUT2D eigenvalue weighted by atomic mass is 35.5. The summed E-state index contributed by atoms with van der Waals surface area (Å²) in [5, 5.41) is 0.710. The third kappa shape index (κ3) is 5.03. The van der Waals surface area contributed by atoms with Crippen molar-refractivity contribution in [2.24, 2.45) is 17.8 Å². The second kappa shape index (κ2) is 10.5. The molecule has 7 heteroatoms. The van der Waals surface area contributed by atoms with Gasteiger partial charge in [-0.2, -0.15) is 0 Å². The highest BCUT2D eigenvalue weighted by molar-refractivity contribution is 6.31. The lowest BCUT2D eigenvalue weighted by atomic mass is 9.84. The molecule has 1 aliphatic carbocycles. The van der Waals surface area contributed by atoms with Crippen LogP contribution in [0.25, 0.3) is 0 Å². The Bertz CT molecular complexity index is 1110. The zero-order valence-corrected chi connectivity index (χ0v) is 22.4. The molecule has 3 fully saturated rings. The quantitative estimate of drug-likeness (QED) is 0.534. The lowest BCUT2D eigenvalue weighted by molar-refractivity contribution is -0.124. The zero-order valence-electron chi connectivity index (χ0n) is 21.7. The van der Waals surface area contributed by atoms with Crippen LogP contribution in [0.5, 0.6) is 0 Å². The first-order chi connectivity index (χ1) is 17.3. The minimum Gasteiger partial charge on any atom is -0.338 e. The normalized spacial score (nSPS) is 21.9. The van der Waals surface area contributed by atoms with E-state index in [1.54, 1.807) is 6.20 Å². The number of hydrogen-bond acceptors (Lipinski definition) is 4. The molecule has 2 aromatic rings. The van der Waals surface area contributed by atoms with E-state index < -0.39 is 0 Å². The van der Waals surface area contributed by atoms with E-state index in [1.165, 1.54) is 0 Å². The van der Waals surface area contributed by atoms with E-state index in [-0.39, 0.29) is 17.7 Å². The van der Waals surface area contributed by atoms with Crippen LogP contribution >= 0.6 is 11.6 Å². The summed E-state index contributed by atoms with van der Waals surface area (Å²) >= 11 is 6.39. The lowest BCUT2D eigenvalue weighted by Crippen LogP contribution is -2.40. The molecule has 1 saturated carbocycles. The number of pyridine rings is 1. The molecule has 1 aromatic carbocycles. The van der Waals surface area contributed by atoms with Gasteiger partial charge in [-0.15, -0.1) is 0 Å². The van der Waals surface area contributed by atoms with Crippen molar-refractivity contribution in [1.29, 1.82) is 0 Å². The molecule has 36 heavy (non-hydrogen) atoms. The molecule has 3 aliphatic rings. The van der Waals surface area contributed by atoms with E-state index >= 15 is 0 Å². The number of aromatic nitrogens is 1. The van der Waals surface area contributed by atoms with Crippen molar-refractivity contribution in [3.8, 4) is 0 Å². The maximum Gasteiger partial charge on any atom is 0.255 e. The van der Waals surface area contributed by atoms with Crippen LogP contribution in [0.4, 0.5) is 5.69 Å². The topological polar surface area (TPSA) is 56.8 Å². The molecule has 5 rings (SSSR count). The van der Waals surface area contributed by atoms with Crippen molar-refractivity contribution >= 4 is 29.1 Å². The summed E-state index contributed by atoms with van der Waals surface area (Å²) in [5.74, 6) is 1.58. The molecule has 2 amide bonds. The van der Waals surface area contributed by atoms with Gasteiger partial charge in [0.15, 0.2) is 0 Å². The Morgan fingerprint density at radius 2 is 1.75 bits per heavy atom. The molecular weight excluding hydrogens is 472 g/mol. The summed E-state index contributed by atoms with van der Waals surface area (Å²) in [6.45, 7) is 11.3. The van der Waals surface area contributed by atoms with Gasteiger partial charge in [0.25, 0.3) is 5.91 Å². The van der Waals surface area contributed by atoms with E-state index in [2.05, 4.69) is 9.88 Å². The molecule has 192 valence electrons. The summed E-state index contributed by atoms with van der Waals surface area (Å²) in [7, 11) is 0. The van der Waals surface area contributed by atoms with E-state index in [0.717, 1.165) is 86.5 Å². The Kier molecular flexibility index (Phi) is 7.36. The minimum absolute atomic E-state index is 0.126. The van der Waals surface area contributed by atoms with Crippen LogP contribution in [-0.2, 0) is 4.79 Å². The summed E-state index contributed by atoms with van der Waals surface area (Å²) in [4.78, 5) is 37.3. The predicted octanol–water partition coefficient (Wildman–Crippen LogP) is 4.89. The Balaban J connectivity index is 1.15. The summed E-state index contributed by atoms with van der Waals surface area (Å²) in [6.07, 6.45) is 5.84. The van der Waals surface area contributed by atoms with Crippen LogP contribution < -0.4 is 4.90 Å². The number of halogens is 1. The molecule has 0 spiro atoms. The number of carbonyl (C=O) groups is 2. The molecule has 2 aliphatic heterocycles. The van der Waals surface area contributed by atoms with Crippen molar-refractivity contribution < 1.29 is 9.59 Å². The number of hydrogen-bond donors (Lipinski definition) is 0. The van der Waals surface area contributed by atoms with E-state index in [1.807, 2.05) is 54.8 Å². The number of carbonyl (C=O) groups excluding carboxylic acids is 2.